The molecule has 8 nitrogen and oxygen atoms in total. The number of aryl methyl sites for hydroxylation is 2. The van der Waals surface area contributed by atoms with Crippen molar-refractivity contribution in [1.29, 1.82) is 5.26 Å². The Morgan fingerprint density at radius 3 is 2.90 bits per heavy atom. The van der Waals surface area contributed by atoms with Gasteiger partial charge in [0.1, 0.15) is 22.3 Å². The summed E-state index contributed by atoms with van der Waals surface area (Å²) in [5.74, 6) is -0.303. The van der Waals surface area contributed by atoms with Crippen LogP contribution in [0.5, 0.6) is 0 Å². The molecule has 0 spiro atoms. The van der Waals surface area contributed by atoms with Gasteiger partial charge < -0.3 is 11.1 Å². The number of nitrogens with zero attached hydrogens (tertiary/aromatic N) is 4. The maximum atomic E-state index is 13.2. The first-order valence-corrected chi connectivity index (χ1v) is 10.1. The smallest absolute Gasteiger partial charge is 0.261 e. The molecule has 1 aromatic carbocycles. The van der Waals surface area contributed by atoms with Crippen LogP contribution in [0.4, 0.5) is 10.2 Å². The quantitative estimate of drug-likeness (QED) is 0.411. The Labute approximate surface area is 175 Å². The number of anilines is 1. The molecule has 3 heterocycles. The van der Waals surface area contributed by atoms with Gasteiger partial charge in [-0.3, -0.25) is 9.89 Å². The SMILES string of the molecule is Cc1nn(-c2ccc(F)cc2)c2sc(C(=O)NCCCc3[nH]nc(N)c3C#N)cc12. The van der Waals surface area contributed by atoms with Gasteiger partial charge in [0, 0.05) is 11.9 Å². The van der Waals surface area contributed by atoms with Gasteiger partial charge in [-0.2, -0.15) is 15.5 Å². The van der Waals surface area contributed by atoms with Crippen LogP contribution in [0.2, 0.25) is 0 Å². The molecule has 0 radical (unpaired) electrons. The lowest BCUT2D eigenvalue weighted by molar-refractivity contribution is 0.0957. The van der Waals surface area contributed by atoms with Gasteiger partial charge in [0.25, 0.3) is 5.91 Å². The molecule has 30 heavy (non-hydrogen) atoms. The number of amides is 1. The molecule has 0 saturated carbocycles. The number of aromatic nitrogens is 4. The molecule has 10 heteroatoms. The molecule has 4 rings (SSSR count). The number of benzene rings is 1. The second kappa shape index (κ2) is 7.96. The molecule has 0 aliphatic heterocycles. The van der Waals surface area contributed by atoms with E-state index in [2.05, 4.69) is 20.6 Å². The number of carbonyl (C=O) groups excluding carboxylic acids is 1. The van der Waals surface area contributed by atoms with E-state index in [1.54, 1.807) is 16.8 Å². The van der Waals surface area contributed by atoms with E-state index in [4.69, 9.17) is 11.0 Å². The Morgan fingerprint density at radius 1 is 1.40 bits per heavy atom. The number of hydrogen-bond acceptors (Lipinski definition) is 6. The fourth-order valence-electron chi connectivity index (χ4n) is 3.17. The molecule has 1 amide bonds. The lowest BCUT2D eigenvalue weighted by Crippen LogP contribution is -2.24. The zero-order valence-corrected chi connectivity index (χ0v) is 16.9. The topological polar surface area (TPSA) is 125 Å². The number of H-pyrrole nitrogens is 1. The van der Waals surface area contributed by atoms with Crippen LogP contribution in [0.15, 0.2) is 30.3 Å². The number of nitrogen functional groups attached to an aromatic ring is 1. The van der Waals surface area contributed by atoms with Crippen molar-refractivity contribution in [3.63, 3.8) is 0 Å². The van der Waals surface area contributed by atoms with E-state index in [1.807, 2.05) is 19.1 Å². The molecule has 4 aromatic rings. The Balaban J connectivity index is 1.44. The molecular weight excluding hydrogens is 405 g/mol. The lowest BCUT2D eigenvalue weighted by Gasteiger charge is -2.04. The van der Waals surface area contributed by atoms with Gasteiger partial charge in [0.15, 0.2) is 5.82 Å². The van der Waals surface area contributed by atoms with Gasteiger partial charge in [-0.25, -0.2) is 9.07 Å². The van der Waals surface area contributed by atoms with Gasteiger partial charge in [-0.05, 0) is 50.1 Å². The zero-order chi connectivity index (χ0) is 21.3. The van der Waals surface area contributed by atoms with Gasteiger partial charge in [-0.15, -0.1) is 11.3 Å². The third kappa shape index (κ3) is 3.62. The maximum Gasteiger partial charge on any atom is 0.261 e. The fourth-order valence-corrected chi connectivity index (χ4v) is 4.27. The standard InChI is InChI=1S/C20H18FN7OS/c1-11-14-9-17(30-20(14)28(27-11)13-6-4-12(21)5-7-13)19(29)24-8-2-3-16-15(10-22)18(23)26-25-16/h4-7,9H,2-3,8H2,1H3,(H,24,29)(H3,23,25,26). The first-order chi connectivity index (χ1) is 14.5. The molecule has 152 valence electrons. The number of nitrogens with two attached hydrogens (primary N) is 1. The summed E-state index contributed by atoms with van der Waals surface area (Å²) in [7, 11) is 0. The number of hydrogen-bond donors (Lipinski definition) is 3. The Kier molecular flexibility index (Phi) is 5.20. The summed E-state index contributed by atoms with van der Waals surface area (Å²) in [6.45, 7) is 2.32. The molecule has 0 atom stereocenters. The molecular formula is C20H18FN7OS. The van der Waals surface area contributed by atoms with Crippen molar-refractivity contribution in [2.45, 2.75) is 19.8 Å². The molecule has 4 N–H and O–H groups in total. The highest BCUT2D eigenvalue weighted by Gasteiger charge is 2.17. The number of aromatic amines is 1. The van der Waals surface area contributed by atoms with Crippen molar-refractivity contribution in [2.75, 3.05) is 12.3 Å². The van der Waals surface area contributed by atoms with Crippen LogP contribution in [0, 0.1) is 24.1 Å². The van der Waals surface area contributed by atoms with E-state index in [1.165, 1.54) is 23.5 Å². The number of rotatable bonds is 6. The molecule has 3 aromatic heterocycles. The summed E-state index contributed by atoms with van der Waals surface area (Å²) in [4.78, 5) is 14.0. The highest BCUT2D eigenvalue weighted by Crippen LogP contribution is 2.30. The van der Waals surface area contributed by atoms with E-state index in [0.717, 1.165) is 21.6 Å². The summed E-state index contributed by atoms with van der Waals surface area (Å²) in [5.41, 5.74) is 8.17. The normalized spacial score (nSPS) is 11.0. The molecule has 0 saturated heterocycles. The van der Waals surface area contributed by atoms with Gasteiger partial charge in [-0.1, -0.05) is 0 Å². The van der Waals surface area contributed by atoms with Crippen molar-refractivity contribution in [3.8, 4) is 11.8 Å². The molecule has 0 fully saturated rings. The summed E-state index contributed by atoms with van der Waals surface area (Å²) >= 11 is 1.33. The number of carbonyl (C=O) groups is 1. The van der Waals surface area contributed by atoms with E-state index in [-0.39, 0.29) is 17.5 Å². The van der Waals surface area contributed by atoms with Gasteiger partial charge in [0.2, 0.25) is 0 Å². The van der Waals surface area contributed by atoms with Crippen LogP contribution < -0.4 is 11.1 Å². The highest BCUT2D eigenvalue weighted by molar-refractivity contribution is 7.20. The number of halogens is 1. The van der Waals surface area contributed by atoms with Crippen molar-refractivity contribution in [1.82, 2.24) is 25.3 Å². The lowest BCUT2D eigenvalue weighted by atomic mass is 10.1. The molecule has 0 unspecified atom stereocenters. The van der Waals surface area contributed by atoms with Gasteiger partial charge >= 0.3 is 0 Å². The Bertz CT molecular complexity index is 1260. The van der Waals surface area contributed by atoms with Crippen molar-refractivity contribution in [2.24, 2.45) is 0 Å². The van der Waals surface area contributed by atoms with Crippen molar-refractivity contribution >= 4 is 33.3 Å². The molecule has 0 bridgehead atoms. The first kappa shape index (κ1) is 19.6. The minimum atomic E-state index is -0.315. The van der Waals surface area contributed by atoms with E-state index in [9.17, 15) is 9.18 Å². The van der Waals surface area contributed by atoms with Crippen molar-refractivity contribution in [3.05, 3.63) is 58.0 Å². The minimum Gasteiger partial charge on any atom is -0.381 e. The van der Waals surface area contributed by atoms with E-state index >= 15 is 0 Å². The fraction of sp³-hybridized carbons (Fsp3) is 0.200. The average Bonchev–Trinajstić information content (AvgIpc) is 3.41. The van der Waals surface area contributed by atoms with Crippen LogP contribution in [-0.4, -0.2) is 32.4 Å². The average molecular weight is 423 g/mol. The van der Waals surface area contributed by atoms with E-state index in [0.29, 0.717) is 35.5 Å². The van der Waals surface area contributed by atoms with Gasteiger partial charge in [0.05, 0.1) is 22.0 Å². The monoisotopic (exact) mass is 423 g/mol. The van der Waals surface area contributed by atoms with Crippen LogP contribution in [0.25, 0.3) is 15.9 Å². The Morgan fingerprint density at radius 2 is 2.17 bits per heavy atom. The van der Waals surface area contributed by atoms with Crippen LogP contribution >= 0.6 is 11.3 Å². The maximum absolute atomic E-state index is 13.2. The summed E-state index contributed by atoms with van der Waals surface area (Å²) in [6.07, 6.45) is 1.19. The third-order valence-electron chi connectivity index (χ3n) is 4.71. The van der Waals surface area contributed by atoms with E-state index < -0.39 is 0 Å². The number of nitrogens with one attached hydrogen (secondary N) is 2. The number of fused-ring (bicyclic) bond motifs is 1. The largest absolute Gasteiger partial charge is 0.381 e. The second-order valence-electron chi connectivity index (χ2n) is 6.74. The molecule has 0 aliphatic carbocycles. The summed E-state index contributed by atoms with van der Waals surface area (Å²) in [6, 6.07) is 9.91. The molecule has 0 aliphatic rings. The minimum absolute atomic E-state index is 0.175. The first-order valence-electron chi connectivity index (χ1n) is 9.24. The van der Waals surface area contributed by atoms with Crippen LogP contribution in [-0.2, 0) is 6.42 Å². The van der Waals surface area contributed by atoms with Crippen LogP contribution in [0.1, 0.15) is 33.0 Å². The highest BCUT2D eigenvalue weighted by atomic mass is 32.1. The number of thiophene rings is 1. The summed E-state index contributed by atoms with van der Waals surface area (Å²) < 4.78 is 14.9. The van der Waals surface area contributed by atoms with Crippen LogP contribution in [0.3, 0.4) is 0 Å². The Hall–Kier alpha value is -3.71. The predicted octanol–water partition coefficient (Wildman–Crippen LogP) is 3.07. The predicted molar refractivity (Wildman–Crippen MR) is 112 cm³/mol. The third-order valence-corrected chi connectivity index (χ3v) is 5.82. The zero-order valence-electron chi connectivity index (χ0n) is 16.1. The van der Waals surface area contributed by atoms with Crippen molar-refractivity contribution < 1.29 is 9.18 Å². The number of nitriles is 1. The summed E-state index contributed by atoms with van der Waals surface area (Å²) in [5, 5.41) is 24.0. The second-order valence-corrected chi connectivity index (χ2v) is 7.77.